The fraction of sp³-hybridized carbons (Fsp3) is 1.00. The topological polar surface area (TPSA) is 0 Å². The lowest BCUT2D eigenvalue weighted by molar-refractivity contribution is 0.268. The van der Waals surface area contributed by atoms with Crippen molar-refractivity contribution in [2.45, 2.75) is 36.9 Å². The summed E-state index contributed by atoms with van der Waals surface area (Å²) in [5.41, 5.74) is 0. The van der Waals surface area contributed by atoms with E-state index < -0.39 is 0 Å². The number of rotatable bonds is 2. The Morgan fingerprint density at radius 2 is 2.22 bits per heavy atom. The molecule has 0 aromatic heterocycles. The van der Waals surface area contributed by atoms with E-state index >= 15 is 0 Å². The van der Waals surface area contributed by atoms with Crippen LogP contribution in [0, 0.1) is 5.92 Å². The zero-order valence-electron chi connectivity index (χ0n) is 5.66. The normalized spacial score (nSPS) is 31.7. The van der Waals surface area contributed by atoms with Gasteiger partial charge in [-0.1, -0.05) is 13.3 Å². The molecule has 0 saturated heterocycles. The van der Waals surface area contributed by atoms with Crippen molar-refractivity contribution in [3.8, 4) is 0 Å². The monoisotopic (exact) mass is 166 g/mol. The molecule has 0 bridgehead atoms. The van der Waals surface area contributed by atoms with Gasteiger partial charge in [0, 0.05) is 0 Å². The van der Waals surface area contributed by atoms with E-state index in [1.807, 2.05) is 0 Å². The molecule has 0 aliphatic heterocycles. The number of hydrogen-bond acceptors (Lipinski definition) is 0. The van der Waals surface area contributed by atoms with Crippen LogP contribution in [-0.2, 0) is 0 Å². The van der Waals surface area contributed by atoms with E-state index in [4.69, 9.17) is 23.2 Å². The molecule has 0 spiro atoms. The first-order valence-electron chi connectivity index (χ1n) is 3.54. The van der Waals surface area contributed by atoms with Crippen LogP contribution in [0.2, 0.25) is 0 Å². The van der Waals surface area contributed by atoms with Crippen LogP contribution in [0.3, 0.4) is 0 Å². The van der Waals surface area contributed by atoms with E-state index in [9.17, 15) is 0 Å². The summed E-state index contributed by atoms with van der Waals surface area (Å²) in [7, 11) is 0. The Labute approximate surface area is 66.5 Å². The van der Waals surface area contributed by atoms with Crippen molar-refractivity contribution in [1.82, 2.24) is 0 Å². The minimum atomic E-state index is -0.365. The summed E-state index contributed by atoms with van der Waals surface area (Å²) in [6.45, 7) is 2.17. The van der Waals surface area contributed by atoms with Crippen LogP contribution in [0.15, 0.2) is 0 Å². The van der Waals surface area contributed by atoms with Gasteiger partial charge in [0.15, 0.2) is 0 Å². The highest BCUT2D eigenvalue weighted by Crippen LogP contribution is 2.49. The van der Waals surface area contributed by atoms with Gasteiger partial charge in [-0.2, -0.15) is 0 Å². The molecule has 1 saturated carbocycles. The number of halogens is 2. The second kappa shape index (κ2) is 2.67. The Morgan fingerprint density at radius 3 is 2.33 bits per heavy atom. The molecule has 0 amide bonds. The molecule has 1 unspecified atom stereocenters. The van der Waals surface area contributed by atoms with Crippen LogP contribution >= 0.6 is 23.2 Å². The second-order valence-electron chi connectivity index (χ2n) is 2.79. The zero-order valence-corrected chi connectivity index (χ0v) is 7.17. The van der Waals surface area contributed by atoms with Gasteiger partial charge in [0.1, 0.15) is 4.33 Å². The fourth-order valence-corrected chi connectivity index (χ4v) is 1.93. The van der Waals surface area contributed by atoms with Gasteiger partial charge in [-0.05, 0) is 25.2 Å². The van der Waals surface area contributed by atoms with E-state index in [0.29, 0.717) is 5.92 Å². The summed E-state index contributed by atoms with van der Waals surface area (Å²) in [5.74, 6) is 0.575. The van der Waals surface area contributed by atoms with E-state index in [0.717, 1.165) is 6.42 Å². The summed E-state index contributed by atoms with van der Waals surface area (Å²) in [6.07, 6.45) is 4.60. The fourth-order valence-electron chi connectivity index (χ4n) is 1.27. The van der Waals surface area contributed by atoms with Crippen molar-refractivity contribution in [3.63, 3.8) is 0 Å². The van der Waals surface area contributed by atoms with E-state index in [2.05, 4.69) is 6.92 Å². The lowest BCUT2D eigenvalue weighted by atomic mass is 9.81. The summed E-state index contributed by atoms with van der Waals surface area (Å²) in [6, 6.07) is 0. The first-order valence-corrected chi connectivity index (χ1v) is 4.30. The van der Waals surface area contributed by atoms with Gasteiger partial charge in [0.25, 0.3) is 0 Å². The first-order chi connectivity index (χ1) is 4.17. The van der Waals surface area contributed by atoms with Crippen molar-refractivity contribution in [2.75, 3.05) is 0 Å². The largest absolute Gasteiger partial charge is 0.121 e. The third kappa shape index (κ3) is 1.53. The van der Waals surface area contributed by atoms with Crippen LogP contribution in [0.4, 0.5) is 0 Å². The van der Waals surface area contributed by atoms with Crippen LogP contribution in [0.25, 0.3) is 0 Å². The lowest BCUT2D eigenvalue weighted by Gasteiger charge is -2.39. The van der Waals surface area contributed by atoms with Gasteiger partial charge in [-0.15, -0.1) is 23.2 Å². The van der Waals surface area contributed by atoms with Crippen molar-refractivity contribution < 1.29 is 0 Å². The van der Waals surface area contributed by atoms with Crippen molar-refractivity contribution in [1.29, 1.82) is 0 Å². The molecule has 0 radical (unpaired) electrons. The molecule has 0 N–H and O–H groups in total. The maximum absolute atomic E-state index is 5.91. The first kappa shape index (κ1) is 7.68. The zero-order chi connectivity index (χ0) is 6.91. The van der Waals surface area contributed by atoms with Crippen molar-refractivity contribution in [2.24, 2.45) is 5.92 Å². The minimum absolute atomic E-state index is 0.365. The molecular weight excluding hydrogens is 155 g/mol. The van der Waals surface area contributed by atoms with E-state index in [1.54, 1.807) is 0 Å². The summed E-state index contributed by atoms with van der Waals surface area (Å²) in [4.78, 5) is 0. The van der Waals surface area contributed by atoms with Gasteiger partial charge in [-0.3, -0.25) is 0 Å². The molecule has 9 heavy (non-hydrogen) atoms. The average molecular weight is 167 g/mol. The Hall–Kier alpha value is 0.580. The standard InChI is InChI=1S/C7H12Cl2/c1-2-3-6-4-5-7(6,8)9/h6H,2-5H2,1H3. The Kier molecular flexibility index (Phi) is 2.28. The van der Waals surface area contributed by atoms with E-state index in [-0.39, 0.29) is 4.33 Å². The maximum Gasteiger partial charge on any atom is 0.121 e. The molecule has 0 aromatic carbocycles. The van der Waals surface area contributed by atoms with Crippen molar-refractivity contribution in [3.05, 3.63) is 0 Å². The predicted molar refractivity (Wildman–Crippen MR) is 42.1 cm³/mol. The molecule has 0 nitrogen and oxygen atoms in total. The second-order valence-corrected chi connectivity index (χ2v) is 4.33. The molecule has 1 rings (SSSR count). The third-order valence-electron chi connectivity index (χ3n) is 2.06. The molecule has 1 aliphatic carbocycles. The predicted octanol–water partition coefficient (Wildman–Crippen LogP) is 3.37. The molecule has 0 aromatic rings. The van der Waals surface area contributed by atoms with Gasteiger partial charge < -0.3 is 0 Å². The van der Waals surface area contributed by atoms with E-state index in [1.165, 1.54) is 19.3 Å². The molecule has 1 atom stereocenters. The maximum atomic E-state index is 5.91. The van der Waals surface area contributed by atoms with Gasteiger partial charge in [-0.25, -0.2) is 0 Å². The van der Waals surface area contributed by atoms with Crippen LogP contribution in [-0.4, -0.2) is 4.33 Å². The lowest BCUT2D eigenvalue weighted by Crippen LogP contribution is -2.36. The molecule has 1 aliphatic rings. The number of alkyl halides is 2. The van der Waals surface area contributed by atoms with Crippen LogP contribution < -0.4 is 0 Å². The average Bonchev–Trinajstić information content (AvgIpc) is 1.81. The molecule has 2 heteroatoms. The molecule has 0 heterocycles. The summed E-state index contributed by atoms with van der Waals surface area (Å²) in [5, 5.41) is 0. The Balaban J connectivity index is 2.28. The highest BCUT2D eigenvalue weighted by Gasteiger charge is 2.42. The van der Waals surface area contributed by atoms with Gasteiger partial charge >= 0.3 is 0 Å². The van der Waals surface area contributed by atoms with Crippen LogP contribution in [0.5, 0.6) is 0 Å². The quantitative estimate of drug-likeness (QED) is 0.553. The Morgan fingerprint density at radius 1 is 1.56 bits per heavy atom. The van der Waals surface area contributed by atoms with Crippen LogP contribution in [0.1, 0.15) is 32.6 Å². The highest BCUT2D eigenvalue weighted by molar-refractivity contribution is 6.49. The Bertz CT molecular complexity index is 99.1. The molecular formula is C7H12Cl2. The SMILES string of the molecule is CCCC1CCC1(Cl)Cl. The third-order valence-corrected chi connectivity index (χ3v) is 3.06. The summed E-state index contributed by atoms with van der Waals surface area (Å²) < 4.78 is -0.365. The van der Waals surface area contributed by atoms with Crippen molar-refractivity contribution >= 4 is 23.2 Å². The molecule has 1 fully saturated rings. The molecule has 54 valence electrons. The minimum Gasteiger partial charge on any atom is -0.101 e. The smallest absolute Gasteiger partial charge is 0.101 e. The van der Waals surface area contributed by atoms with Gasteiger partial charge in [0.05, 0.1) is 0 Å². The summed E-state index contributed by atoms with van der Waals surface area (Å²) >= 11 is 11.8. The highest BCUT2D eigenvalue weighted by atomic mass is 35.5. The number of hydrogen-bond donors (Lipinski definition) is 0. The van der Waals surface area contributed by atoms with Gasteiger partial charge in [0.2, 0.25) is 0 Å².